The Bertz CT molecular complexity index is 626. The van der Waals surface area contributed by atoms with Crippen LogP contribution in [0.15, 0.2) is 18.7 Å². The Morgan fingerprint density at radius 1 is 1.38 bits per heavy atom. The molecule has 0 aromatic carbocycles. The number of anilines is 2. The summed E-state index contributed by atoms with van der Waals surface area (Å²) in [4.78, 5) is 28.2. The first-order valence-corrected chi connectivity index (χ1v) is 6.76. The lowest BCUT2D eigenvalue weighted by Gasteiger charge is -2.12. The molecule has 2 aromatic heterocycles. The molecule has 3 heterocycles. The van der Waals surface area contributed by atoms with Crippen LogP contribution in [0, 0.1) is 0 Å². The second-order valence-corrected chi connectivity index (χ2v) is 4.63. The molecule has 21 heavy (non-hydrogen) atoms. The molecule has 1 amide bonds. The molecule has 1 unspecified atom stereocenters. The van der Waals surface area contributed by atoms with Crippen molar-refractivity contribution in [1.82, 2.24) is 29.8 Å². The van der Waals surface area contributed by atoms with Gasteiger partial charge in [-0.25, -0.2) is 4.98 Å². The van der Waals surface area contributed by atoms with Crippen molar-refractivity contribution in [3.8, 4) is 5.95 Å². The maximum atomic E-state index is 11.2. The van der Waals surface area contributed by atoms with Gasteiger partial charge in [0.05, 0.1) is 6.04 Å². The van der Waals surface area contributed by atoms with E-state index in [0.717, 1.165) is 0 Å². The van der Waals surface area contributed by atoms with E-state index in [-0.39, 0.29) is 11.9 Å². The largest absolute Gasteiger partial charge is 0.354 e. The average molecular weight is 288 g/mol. The second kappa shape index (κ2) is 5.73. The molecule has 0 spiro atoms. The van der Waals surface area contributed by atoms with Crippen molar-refractivity contribution >= 4 is 17.8 Å². The Kier molecular flexibility index (Phi) is 3.63. The second-order valence-electron chi connectivity index (χ2n) is 4.63. The van der Waals surface area contributed by atoms with Crippen LogP contribution in [0.5, 0.6) is 0 Å². The average Bonchev–Trinajstić information content (AvgIpc) is 3.11. The summed E-state index contributed by atoms with van der Waals surface area (Å²) in [5, 5.41) is 8.99. The van der Waals surface area contributed by atoms with Crippen molar-refractivity contribution in [3.63, 3.8) is 0 Å². The molecule has 9 heteroatoms. The van der Waals surface area contributed by atoms with Gasteiger partial charge in [-0.1, -0.05) is 0 Å². The number of nitrogens with one attached hydrogen (secondary N) is 3. The van der Waals surface area contributed by atoms with Crippen molar-refractivity contribution in [3.05, 3.63) is 18.7 Å². The van der Waals surface area contributed by atoms with E-state index in [4.69, 9.17) is 0 Å². The number of aromatic nitrogens is 5. The smallest absolute Gasteiger partial charge is 0.241 e. The SMILES string of the molecule is CCNc1nc(NC2CNC(=O)C2)nc(-n2ccnc2)n1. The highest BCUT2D eigenvalue weighted by Crippen LogP contribution is 2.12. The predicted octanol–water partition coefficient (Wildman–Crippen LogP) is -0.211. The lowest BCUT2D eigenvalue weighted by atomic mass is 10.3. The zero-order chi connectivity index (χ0) is 14.7. The zero-order valence-corrected chi connectivity index (χ0v) is 11.6. The molecule has 3 N–H and O–H groups in total. The van der Waals surface area contributed by atoms with Crippen molar-refractivity contribution in [2.45, 2.75) is 19.4 Å². The Morgan fingerprint density at radius 3 is 2.90 bits per heavy atom. The predicted molar refractivity (Wildman–Crippen MR) is 76.2 cm³/mol. The lowest BCUT2D eigenvalue weighted by Crippen LogP contribution is -2.24. The molecule has 1 aliphatic rings. The van der Waals surface area contributed by atoms with Crippen molar-refractivity contribution in [2.24, 2.45) is 0 Å². The van der Waals surface area contributed by atoms with Gasteiger partial charge >= 0.3 is 0 Å². The van der Waals surface area contributed by atoms with Crippen LogP contribution in [0.4, 0.5) is 11.9 Å². The van der Waals surface area contributed by atoms with E-state index in [1.807, 2.05) is 6.92 Å². The number of imidazole rings is 1. The molecule has 1 atom stereocenters. The molecule has 0 saturated carbocycles. The van der Waals surface area contributed by atoms with Gasteiger partial charge in [0.15, 0.2) is 0 Å². The van der Waals surface area contributed by atoms with Crippen molar-refractivity contribution in [1.29, 1.82) is 0 Å². The van der Waals surface area contributed by atoms with Gasteiger partial charge in [-0.2, -0.15) is 15.0 Å². The highest BCUT2D eigenvalue weighted by molar-refractivity contribution is 5.79. The molecule has 2 aromatic rings. The van der Waals surface area contributed by atoms with Crippen LogP contribution in [0.25, 0.3) is 5.95 Å². The number of rotatable bonds is 5. The van der Waals surface area contributed by atoms with E-state index < -0.39 is 0 Å². The monoisotopic (exact) mass is 288 g/mol. The highest BCUT2D eigenvalue weighted by Gasteiger charge is 2.22. The fourth-order valence-corrected chi connectivity index (χ4v) is 2.05. The fourth-order valence-electron chi connectivity index (χ4n) is 2.05. The minimum Gasteiger partial charge on any atom is -0.354 e. The van der Waals surface area contributed by atoms with E-state index in [9.17, 15) is 4.79 Å². The van der Waals surface area contributed by atoms with E-state index in [1.54, 1.807) is 23.3 Å². The summed E-state index contributed by atoms with van der Waals surface area (Å²) in [6.45, 7) is 3.24. The van der Waals surface area contributed by atoms with Crippen molar-refractivity contribution in [2.75, 3.05) is 23.7 Å². The van der Waals surface area contributed by atoms with E-state index in [1.165, 1.54) is 0 Å². The van der Waals surface area contributed by atoms with Crippen LogP contribution in [-0.4, -0.2) is 49.5 Å². The lowest BCUT2D eigenvalue weighted by molar-refractivity contribution is -0.119. The number of hydrogen-bond donors (Lipinski definition) is 3. The molecule has 110 valence electrons. The van der Waals surface area contributed by atoms with Gasteiger partial charge in [0.1, 0.15) is 6.33 Å². The molecule has 0 bridgehead atoms. The van der Waals surface area contributed by atoms with Crippen LogP contribution in [0.2, 0.25) is 0 Å². The molecule has 9 nitrogen and oxygen atoms in total. The van der Waals surface area contributed by atoms with Gasteiger partial charge in [0.2, 0.25) is 23.8 Å². The zero-order valence-electron chi connectivity index (χ0n) is 11.6. The molecule has 1 fully saturated rings. The summed E-state index contributed by atoms with van der Waals surface area (Å²) >= 11 is 0. The number of nitrogens with zero attached hydrogens (tertiary/aromatic N) is 5. The summed E-state index contributed by atoms with van der Waals surface area (Å²) in [6, 6.07) is -0.00925. The van der Waals surface area contributed by atoms with Crippen LogP contribution >= 0.6 is 0 Å². The van der Waals surface area contributed by atoms with Gasteiger partial charge in [-0.3, -0.25) is 9.36 Å². The summed E-state index contributed by atoms with van der Waals surface area (Å²) in [7, 11) is 0. The molecule has 1 saturated heterocycles. The molecule has 0 aliphatic carbocycles. The number of amides is 1. The van der Waals surface area contributed by atoms with Crippen LogP contribution in [-0.2, 0) is 4.79 Å². The minimum atomic E-state index is -0.00925. The van der Waals surface area contributed by atoms with E-state index >= 15 is 0 Å². The number of carbonyl (C=O) groups is 1. The third kappa shape index (κ3) is 3.07. The van der Waals surface area contributed by atoms with Gasteiger partial charge < -0.3 is 16.0 Å². The molecular weight excluding hydrogens is 272 g/mol. The number of carbonyl (C=O) groups excluding carboxylic acids is 1. The number of hydrogen-bond acceptors (Lipinski definition) is 7. The minimum absolute atomic E-state index is 0.00925. The molecule has 1 aliphatic heterocycles. The summed E-state index contributed by atoms with van der Waals surface area (Å²) in [6.07, 6.45) is 5.46. The molecular formula is C12H16N8O. The Morgan fingerprint density at radius 2 is 2.24 bits per heavy atom. The maximum absolute atomic E-state index is 11.2. The molecule has 0 radical (unpaired) electrons. The third-order valence-corrected chi connectivity index (χ3v) is 3.00. The van der Waals surface area contributed by atoms with E-state index in [2.05, 4.69) is 35.9 Å². The summed E-state index contributed by atoms with van der Waals surface area (Å²) in [5.74, 6) is 1.42. The van der Waals surface area contributed by atoms with Crippen LogP contribution < -0.4 is 16.0 Å². The summed E-state index contributed by atoms with van der Waals surface area (Å²) < 4.78 is 1.70. The van der Waals surface area contributed by atoms with Gasteiger partial charge in [0, 0.05) is 31.9 Å². The molecule has 3 rings (SSSR count). The topological polar surface area (TPSA) is 110 Å². The van der Waals surface area contributed by atoms with Gasteiger partial charge in [-0.15, -0.1) is 0 Å². The Hall–Kier alpha value is -2.71. The van der Waals surface area contributed by atoms with Gasteiger partial charge in [0.25, 0.3) is 0 Å². The van der Waals surface area contributed by atoms with Gasteiger partial charge in [-0.05, 0) is 6.92 Å². The van der Waals surface area contributed by atoms with Crippen LogP contribution in [0.1, 0.15) is 13.3 Å². The van der Waals surface area contributed by atoms with E-state index in [0.29, 0.717) is 37.4 Å². The quantitative estimate of drug-likeness (QED) is 0.698. The fraction of sp³-hybridized carbons (Fsp3) is 0.417. The first kappa shape index (κ1) is 13.3. The Balaban J connectivity index is 1.86. The summed E-state index contributed by atoms with van der Waals surface area (Å²) in [5.41, 5.74) is 0. The highest BCUT2D eigenvalue weighted by atomic mass is 16.1. The maximum Gasteiger partial charge on any atom is 0.241 e. The normalized spacial score (nSPS) is 17.6. The Labute approximate surface area is 121 Å². The standard InChI is InChI=1S/C12H16N8O/c1-2-14-10-17-11(16-8-5-9(21)15-6-8)19-12(18-10)20-4-3-13-7-20/h3-4,7-8H,2,5-6H2,1H3,(H,15,21)(H2,14,16,17,18,19). The third-order valence-electron chi connectivity index (χ3n) is 3.00. The first-order valence-electron chi connectivity index (χ1n) is 6.76. The first-order chi connectivity index (χ1) is 10.2. The van der Waals surface area contributed by atoms with Crippen LogP contribution in [0.3, 0.4) is 0 Å². The van der Waals surface area contributed by atoms with Crippen molar-refractivity contribution < 1.29 is 4.79 Å².